The summed E-state index contributed by atoms with van der Waals surface area (Å²) in [5, 5.41) is 2.85. The Balaban J connectivity index is 1.80. The minimum Gasteiger partial charge on any atom is -0.348 e. The third-order valence-corrected chi connectivity index (χ3v) is 6.15. The Bertz CT molecular complexity index is 866. The van der Waals surface area contributed by atoms with Gasteiger partial charge in [0, 0.05) is 31.0 Å². The first kappa shape index (κ1) is 17.4. The molecule has 0 aliphatic carbocycles. The van der Waals surface area contributed by atoms with E-state index in [9.17, 15) is 13.2 Å². The zero-order valence-corrected chi connectivity index (χ0v) is 14.9. The van der Waals surface area contributed by atoms with E-state index in [0.717, 1.165) is 17.5 Å². The van der Waals surface area contributed by atoms with Crippen LogP contribution in [0, 0.1) is 6.92 Å². The third-order valence-electron chi connectivity index (χ3n) is 4.29. The van der Waals surface area contributed by atoms with Crippen LogP contribution >= 0.6 is 0 Å². The van der Waals surface area contributed by atoms with Gasteiger partial charge in [0.05, 0.1) is 11.4 Å². The molecule has 1 aromatic heterocycles. The van der Waals surface area contributed by atoms with Gasteiger partial charge in [0.1, 0.15) is 0 Å². The second-order valence-corrected chi connectivity index (χ2v) is 8.15. The number of anilines is 1. The molecule has 1 aliphatic heterocycles. The Morgan fingerprint density at radius 1 is 1.20 bits per heavy atom. The van der Waals surface area contributed by atoms with Crippen molar-refractivity contribution in [2.45, 2.75) is 26.3 Å². The number of carbonyl (C=O) groups is 1. The van der Waals surface area contributed by atoms with Crippen LogP contribution in [0.1, 0.15) is 34.3 Å². The SMILES string of the molecule is Cc1ccc(C(=O)NCc2ccncc2)cc1N1CCCCS1(=O)=O. The number of sulfonamides is 1. The summed E-state index contributed by atoms with van der Waals surface area (Å²) in [7, 11) is -3.30. The van der Waals surface area contributed by atoms with Crippen LogP contribution in [0.4, 0.5) is 5.69 Å². The lowest BCUT2D eigenvalue weighted by Crippen LogP contribution is -2.38. The Morgan fingerprint density at radius 3 is 2.68 bits per heavy atom. The highest BCUT2D eigenvalue weighted by molar-refractivity contribution is 7.92. The first-order valence-electron chi connectivity index (χ1n) is 8.25. The van der Waals surface area contributed by atoms with Gasteiger partial charge in [0.15, 0.2) is 0 Å². The molecule has 25 heavy (non-hydrogen) atoms. The number of hydrogen-bond acceptors (Lipinski definition) is 4. The molecule has 7 heteroatoms. The molecule has 1 fully saturated rings. The van der Waals surface area contributed by atoms with E-state index >= 15 is 0 Å². The highest BCUT2D eigenvalue weighted by Crippen LogP contribution is 2.28. The molecule has 1 N–H and O–H groups in total. The molecule has 1 aromatic carbocycles. The van der Waals surface area contributed by atoms with Gasteiger partial charge in [-0.2, -0.15) is 0 Å². The Labute approximate surface area is 147 Å². The van der Waals surface area contributed by atoms with Gasteiger partial charge in [0.25, 0.3) is 5.91 Å². The first-order valence-corrected chi connectivity index (χ1v) is 9.86. The summed E-state index contributed by atoms with van der Waals surface area (Å²) in [6.45, 7) is 2.72. The summed E-state index contributed by atoms with van der Waals surface area (Å²) < 4.78 is 26.1. The Hall–Kier alpha value is -2.41. The number of aryl methyl sites for hydroxylation is 1. The van der Waals surface area contributed by atoms with Gasteiger partial charge in [-0.3, -0.25) is 14.1 Å². The minimum atomic E-state index is -3.30. The normalized spacial score (nSPS) is 16.4. The van der Waals surface area contributed by atoms with Crippen molar-refractivity contribution >= 4 is 21.6 Å². The van der Waals surface area contributed by atoms with Crippen LogP contribution in [0.15, 0.2) is 42.7 Å². The fraction of sp³-hybridized carbons (Fsp3) is 0.333. The molecule has 132 valence electrons. The van der Waals surface area contributed by atoms with Crippen LogP contribution in [0.2, 0.25) is 0 Å². The van der Waals surface area contributed by atoms with Crippen molar-refractivity contribution in [3.63, 3.8) is 0 Å². The summed E-state index contributed by atoms with van der Waals surface area (Å²) in [4.78, 5) is 16.4. The van der Waals surface area contributed by atoms with E-state index in [2.05, 4.69) is 10.3 Å². The molecule has 1 amide bonds. The molecule has 0 radical (unpaired) electrons. The van der Waals surface area contributed by atoms with Gasteiger partial charge in [-0.15, -0.1) is 0 Å². The number of pyridine rings is 1. The van der Waals surface area contributed by atoms with E-state index in [1.807, 2.05) is 19.1 Å². The number of amides is 1. The molecule has 0 bridgehead atoms. The summed E-state index contributed by atoms with van der Waals surface area (Å²) in [5.74, 6) is -0.0715. The third kappa shape index (κ3) is 3.99. The number of hydrogen-bond donors (Lipinski definition) is 1. The Morgan fingerprint density at radius 2 is 1.96 bits per heavy atom. The van der Waals surface area contributed by atoms with Gasteiger partial charge in [-0.05, 0) is 55.2 Å². The topological polar surface area (TPSA) is 79.4 Å². The van der Waals surface area contributed by atoms with Crippen LogP contribution in [0.3, 0.4) is 0 Å². The molecule has 6 nitrogen and oxygen atoms in total. The first-order chi connectivity index (χ1) is 12.0. The van der Waals surface area contributed by atoms with Crippen LogP contribution in [-0.2, 0) is 16.6 Å². The van der Waals surface area contributed by atoms with E-state index in [0.29, 0.717) is 30.8 Å². The molecule has 0 saturated carbocycles. The molecule has 2 heterocycles. The molecule has 0 atom stereocenters. The molecule has 1 aliphatic rings. The lowest BCUT2D eigenvalue weighted by atomic mass is 10.1. The average molecular weight is 359 g/mol. The van der Waals surface area contributed by atoms with Crippen molar-refractivity contribution in [1.82, 2.24) is 10.3 Å². The molecular weight excluding hydrogens is 338 g/mol. The lowest BCUT2D eigenvalue weighted by Gasteiger charge is -2.29. The highest BCUT2D eigenvalue weighted by Gasteiger charge is 2.27. The van der Waals surface area contributed by atoms with Crippen molar-refractivity contribution in [2.75, 3.05) is 16.6 Å². The van der Waals surface area contributed by atoms with Crippen molar-refractivity contribution < 1.29 is 13.2 Å². The van der Waals surface area contributed by atoms with Crippen molar-refractivity contribution in [2.24, 2.45) is 0 Å². The second kappa shape index (κ2) is 7.23. The summed E-state index contributed by atoms with van der Waals surface area (Å²) in [6, 6.07) is 8.85. The fourth-order valence-electron chi connectivity index (χ4n) is 2.86. The maximum absolute atomic E-state index is 12.4. The maximum atomic E-state index is 12.4. The van der Waals surface area contributed by atoms with Gasteiger partial charge in [0.2, 0.25) is 10.0 Å². The number of aromatic nitrogens is 1. The maximum Gasteiger partial charge on any atom is 0.251 e. The number of rotatable bonds is 4. The molecular formula is C18H21N3O3S. The van der Waals surface area contributed by atoms with Gasteiger partial charge >= 0.3 is 0 Å². The number of nitrogens with zero attached hydrogens (tertiary/aromatic N) is 2. The molecule has 2 aromatic rings. The number of nitrogens with one attached hydrogen (secondary N) is 1. The molecule has 1 saturated heterocycles. The van der Waals surface area contributed by atoms with Crippen molar-refractivity contribution in [1.29, 1.82) is 0 Å². The van der Waals surface area contributed by atoms with Crippen LogP contribution in [-0.4, -0.2) is 31.6 Å². The highest BCUT2D eigenvalue weighted by atomic mass is 32.2. The zero-order chi connectivity index (χ0) is 17.9. The van der Waals surface area contributed by atoms with Gasteiger partial charge in [-0.1, -0.05) is 6.07 Å². The summed E-state index contributed by atoms with van der Waals surface area (Å²) in [6.07, 6.45) is 4.86. The summed E-state index contributed by atoms with van der Waals surface area (Å²) in [5.41, 5.74) is 2.84. The van der Waals surface area contributed by atoms with E-state index in [1.165, 1.54) is 4.31 Å². The Kier molecular flexibility index (Phi) is 5.03. The lowest BCUT2D eigenvalue weighted by molar-refractivity contribution is 0.0951. The van der Waals surface area contributed by atoms with Gasteiger partial charge < -0.3 is 5.32 Å². The predicted octanol–water partition coefficient (Wildman–Crippen LogP) is 2.25. The van der Waals surface area contributed by atoms with Crippen LogP contribution in [0.5, 0.6) is 0 Å². The van der Waals surface area contributed by atoms with Crippen molar-refractivity contribution in [3.8, 4) is 0 Å². The quantitative estimate of drug-likeness (QED) is 0.908. The van der Waals surface area contributed by atoms with E-state index < -0.39 is 10.0 Å². The van der Waals surface area contributed by atoms with Crippen LogP contribution < -0.4 is 9.62 Å². The molecule has 0 spiro atoms. The zero-order valence-electron chi connectivity index (χ0n) is 14.1. The van der Waals surface area contributed by atoms with E-state index in [4.69, 9.17) is 0 Å². The second-order valence-electron chi connectivity index (χ2n) is 6.13. The predicted molar refractivity (Wildman–Crippen MR) is 97.0 cm³/mol. The van der Waals surface area contributed by atoms with E-state index in [-0.39, 0.29) is 11.7 Å². The summed E-state index contributed by atoms with van der Waals surface area (Å²) >= 11 is 0. The molecule has 0 unspecified atom stereocenters. The average Bonchev–Trinajstić information content (AvgIpc) is 2.61. The smallest absolute Gasteiger partial charge is 0.251 e. The van der Waals surface area contributed by atoms with Crippen LogP contribution in [0.25, 0.3) is 0 Å². The fourth-order valence-corrected chi connectivity index (χ4v) is 4.56. The van der Waals surface area contributed by atoms with Crippen molar-refractivity contribution in [3.05, 3.63) is 59.4 Å². The minimum absolute atomic E-state index is 0.158. The monoisotopic (exact) mass is 359 g/mol. The standard InChI is InChI=1S/C18H21N3O3S/c1-14-4-5-16(18(22)20-13-15-6-8-19-9-7-15)12-17(14)21-10-2-3-11-25(21,23)24/h4-9,12H,2-3,10-11,13H2,1H3,(H,20,22). The van der Waals surface area contributed by atoms with E-state index in [1.54, 1.807) is 30.6 Å². The number of benzene rings is 1. The largest absolute Gasteiger partial charge is 0.348 e. The number of carbonyl (C=O) groups excluding carboxylic acids is 1. The van der Waals surface area contributed by atoms with Gasteiger partial charge in [-0.25, -0.2) is 8.42 Å². The molecule has 3 rings (SSSR count).